The summed E-state index contributed by atoms with van der Waals surface area (Å²) in [4.78, 5) is 13.7. The van der Waals surface area contributed by atoms with Crippen LogP contribution in [-0.2, 0) is 10.2 Å². The molecule has 0 aromatic heterocycles. The lowest BCUT2D eigenvalue weighted by Crippen LogP contribution is -2.64. The predicted molar refractivity (Wildman–Crippen MR) is 112 cm³/mol. The van der Waals surface area contributed by atoms with E-state index in [9.17, 15) is 4.79 Å². The Morgan fingerprint density at radius 2 is 1.89 bits per heavy atom. The molecule has 4 aliphatic carbocycles. The number of amides is 1. The van der Waals surface area contributed by atoms with Gasteiger partial charge in [-0.2, -0.15) is 0 Å². The number of carbonyl (C=O) groups excluding carboxylic acids is 1. The second-order valence-corrected chi connectivity index (χ2v) is 10.4. The number of hydrogen-bond donors (Lipinski definition) is 2. The SMILES string of the molecule is CCC[C@]12CC3CC(C(=O)NN4CCNCC4)(C1)C[C@@](c1ccccc1)(C3)C2. The first-order valence-corrected chi connectivity index (χ1v) is 11.4. The molecule has 1 heterocycles. The molecule has 4 nitrogen and oxygen atoms in total. The van der Waals surface area contributed by atoms with Crippen molar-refractivity contribution < 1.29 is 4.79 Å². The molecule has 152 valence electrons. The number of carbonyl (C=O) groups is 1. The van der Waals surface area contributed by atoms with Gasteiger partial charge >= 0.3 is 0 Å². The molecule has 28 heavy (non-hydrogen) atoms. The molecule has 6 rings (SSSR count). The van der Waals surface area contributed by atoms with Crippen molar-refractivity contribution in [2.24, 2.45) is 16.7 Å². The Balaban J connectivity index is 1.49. The van der Waals surface area contributed by atoms with Gasteiger partial charge in [0.1, 0.15) is 0 Å². The van der Waals surface area contributed by atoms with Crippen molar-refractivity contribution in [2.75, 3.05) is 26.2 Å². The Kier molecular flexibility index (Phi) is 4.55. The number of nitrogens with one attached hydrogen (secondary N) is 2. The lowest BCUT2D eigenvalue weighted by atomic mass is 9.37. The van der Waals surface area contributed by atoms with Crippen molar-refractivity contribution in [2.45, 2.75) is 63.7 Å². The maximum absolute atomic E-state index is 13.7. The highest BCUT2D eigenvalue weighted by Gasteiger charge is 2.65. The Hall–Kier alpha value is -1.39. The fraction of sp³-hybridized carbons (Fsp3) is 0.708. The van der Waals surface area contributed by atoms with E-state index in [0.717, 1.165) is 45.4 Å². The molecule has 4 atom stereocenters. The Morgan fingerprint density at radius 1 is 1.11 bits per heavy atom. The van der Waals surface area contributed by atoms with Gasteiger partial charge in [0.25, 0.3) is 0 Å². The van der Waals surface area contributed by atoms with Crippen molar-refractivity contribution in [3.8, 4) is 0 Å². The number of piperazine rings is 1. The van der Waals surface area contributed by atoms with Crippen LogP contribution in [0.25, 0.3) is 0 Å². The van der Waals surface area contributed by atoms with E-state index in [0.29, 0.717) is 17.2 Å². The highest BCUT2D eigenvalue weighted by atomic mass is 16.2. The molecular formula is C24H35N3O. The molecule has 2 unspecified atom stereocenters. The molecule has 5 aliphatic rings. The van der Waals surface area contributed by atoms with Gasteiger partial charge < -0.3 is 5.32 Å². The quantitative estimate of drug-likeness (QED) is 0.819. The van der Waals surface area contributed by atoms with Gasteiger partial charge in [-0.15, -0.1) is 0 Å². The van der Waals surface area contributed by atoms with Crippen molar-refractivity contribution in [3.63, 3.8) is 0 Å². The van der Waals surface area contributed by atoms with Crippen LogP contribution in [0.15, 0.2) is 30.3 Å². The topological polar surface area (TPSA) is 44.4 Å². The van der Waals surface area contributed by atoms with Crippen molar-refractivity contribution in [1.82, 2.24) is 15.8 Å². The van der Waals surface area contributed by atoms with Gasteiger partial charge in [-0.3, -0.25) is 10.2 Å². The summed E-state index contributed by atoms with van der Waals surface area (Å²) in [5.74, 6) is 1.02. The molecule has 1 saturated heterocycles. The maximum Gasteiger partial charge on any atom is 0.240 e. The van der Waals surface area contributed by atoms with Crippen LogP contribution in [0.1, 0.15) is 63.9 Å². The van der Waals surface area contributed by atoms with Crippen molar-refractivity contribution in [1.29, 1.82) is 0 Å². The van der Waals surface area contributed by atoms with Gasteiger partial charge in [-0.25, -0.2) is 5.01 Å². The van der Waals surface area contributed by atoms with Crippen LogP contribution in [0, 0.1) is 16.7 Å². The number of rotatable bonds is 5. The summed E-state index contributed by atoms with van der Waals surface area (Å²) in [5.41, 5.74) is 5.24. The summed E-state index contributed by atoms with van der Waals surface area (Å²) in [6.45, 7) is 6.07. The van der Waals surface area contributed by atoms with E-state index in [1.54, 1.807) is 0 Å². The zero-order chi connectivity index (χ0) is 19.2. The molecule has 4 saturated carbocycles. The number of hydrazine groups is 1. The minimum atomic E-state index is -0.171. The summed E-state index contributed by atoms with van der Waals surface area (Å²) in [5, 5.41) is 5.53. The molecule has 5 fully saturated rings. The number of benzene rings is 1. The summed E-state index contributed by atoms with van der Waals surface area (Å²) in [7, 11) is 0. The lowest BCUT2D eigenvalue weighted by molar-refractivity contribution is -0.168. The largest absolute Gasteiger partial charge is 0.314 e. The molecule has 2 N–H and O–H groups in total. The average molecular weight is 382 g/mol. The van der Waals surface area contributed by atoms with Crippen LogP contribution in [0.3, 0.4) is 0 Å². The minimum absolute atomic E-state index is 0.171. The predicted octanol–water partition coefficient (Wildman–Crippen LogP) is 3.63. The van der Waals surface area contributed by atoms with Crippen molar-refractivity contribution in [3.05, 3.63) is 35.9 Å². The van der Waals surface area contributed by atoms with E-state index in [1.165, 1.54) is 37.7 Å². The average Bonchev–Trinajstić information content (AvgIpc) is 2.68. The third-order valence-corrected chi connectivity index (χ3v) is 8.21. The fourth-order valence-electron chi connectivity index (χ4n) is 7.85. The molecule has 1 aliphatic heterocycles. The number of nitrogens with zero attached hydrogens (tertiary/aromatic N) is 1. The van der Waals surface area contributed by atoms with Gasteiger partial charge in [0, 0.05) is 26.2 Å². The Labute approximate surface area is 169 Å². The standard InChI is InChI=1S/C24H35N3O/c1-2-8-22-13-19-14-23(16-22,20-6-4-3-5-7-20)18-24(15-19,17-22)21(28)26-27-11-9-25-10-12-27/h3-7,19,25H,2,8-18H2,1H3,(H,26,28)/t19?,22-,23-,24?/m1/s1. The van der Waals surface area contributed by atoms with Crippen LogP contribution in [0.2, 0.25) is 0 Å². The van der Waals surface area contributed by atoms with E-state index in [1.807, 2.05) is 0 Å². The molecule has 0 spiro atoms. The molecule has 1 amide bonds. The van der Waals surface area contributed by atoms with E-state index in [-0.39, 0.29) is 10.8 Å². The molecule has 0 radical (unpaired) electrons. The normalized spacial score (nSPS) is 39.8. The van der Waals surface area contributed by atoms with Gasteiger partial charge in [0.2, 0.25) is 5.91 Å². The van der Waals surface area contributed by atoms with Gasteiger partial charge in [-0.05, 0) is 67.3 Å². The fourth-order valence-corrected chi connectivity index (χ4v) is 7.85. The first kappa shape index (κ1) is 18.6. The van der Waals surface area contributed by atoms with Crippen LogP contribution < -0.4 is 10.7 Å². The van der Waals surface area contributed by atoms with Crippen LogP contribution >= 0.6 is 0 Å². The molecular weight excluding hydrogens is 346 g/mol. The van der Waals surface area contributed by atoms with Crippen LogP contribution in [-0.4, -0.2) is 37.1 Å². The van der Waals surface area contributed by atoms with Crippen molar-refractivity contribution >= 4 is 5.91 Å². The summed E-state index contributed by atoms with van der Waals surface area (Å²) >= 11 is 0. The zero-order valence-corrected chi connectivity index (χ0v) is 17.3. The molecule has 1 aromatic carbocycles. The molecule has 1 aromatic rings. The molecule has 4 bridgehead atoms. The van der Waals surface area contributed by atoms with Gasteiger partial charge in [0.05, 0.1) is 5.41 Å². The first-order valence-electron chi connectivity index (χ1n) is 11.4. The highest BCUT2D eigenvalue weighted by Crippen LogP contribution is 2.71. The second kappa shape index (κ2) is 6.84. The monoisotopic (exact) mass is 381 g/mol. The van der Waals surface area contributed by atoms with E-state index in [4.69, 9.17) is 0 Å². The Morgan fingerprint density at radius 3 is 2.64 bits per heavy atom. The first-order chi connectivity index (χ1) is 13.6. The third-order valence-electron chi connectivity index (χ3n) is 8.21. The second-order valence-electron chi connectivity index (χ2n) is 10.4. The lowest BCUT2D eigenvalue weighted by Gasteiger charge is -2.66. The summed E-state index contributed by atoms with van der Waals surface area (Å²) in [6, 6.07) is 11.2. The minimum Gasteiger partial charge on any atom is -0.314 e. The number of hydrogen-bond acceptors (Lipinski definition) is 3. The van der Waals surface area contributed by atoms with Crippen LogP contribution in [0.5, 0.6) is 0 Å². The van der Waals surface area contributed by atoms with E-state index < -0.39 is 0 Å². The molecule has 4 heteroatoms. The summed E-state index contributed by atoms with van der Waals surface area (Å²) < 4.78 is 0. The summed E-state index contributed by atoms with van der Waals surface area (Å²) in [6.07, 6.45) is 9.68. The van der Waals surface area contributed by atoms with Crippen LogP contribution in [0.4, 0.5) is 0 Å². The third kappa shape index (κ3) is 3.00. The Bertz CT molecular complexity index is 731. The smallest absolute Gasteiger partial charge is 0.240 e. The maximum atomic E-state index is 13.7. The van der Waals surface area contributed by atoms with Gasteiger partial charge in [0.15, 0.2) is 0 Å². The van der Waals surface area contributed by atoms with E-state index >= 15 is 0 Å². The highest BCUT2D eigenvalue weighted by molar-refractivity contribution is 5.83. The van der Waals surface area contributed by atoms with E-state index in [2.05, 4.69) is 53.0 Å². The zero-order valence-electron chi connectivity index (χ0n) is 17.3. The van der Waals surface area contributed by atoms with Gasteiger partial charge in [-0.1, -0.05) is 43.7 Å².